The van der Waals surface area contributed by atoms with Crippen LogP contribution in [0.4, 0.5) is 5.13 Å². The van der Waals surface area contributed by atoms with Crippen LogP contribution in [-0.4, -0.2) is 47.7 Å². The number of aromatic nitrogens is 2. The monoisotopic (exact) mass is 302 g/mol. The number of hydrogen-bond donors (Lipinski definition) is 2. The zero-order chi connectivity index (χ0) is 13.5. The van der Waals surface area contributed by atoms with Gasteiger partial charge < -0.3 is 15.4 Å². The average Bonchev–Trinajstić information content (AvgIpc) is 3.05. The van der Waals surface area contributed by atoms with Gasteiger partial charge in [-0.25, -0.2) is 0 Å². The number of carbonyl (C=O) groups excluding carboxylic acids is 1. The van der Waals surface area contributed by atoms with E-state index in [1.165, 1.54) is 23.1 Å². The van der Waals surface area contributed by atoms with Crippen LogP contribution in [0.1, 0.15) is 19.8 Å². The van der Waals surface area contributed by atoms with Gasteiger partial charge in [-0.2, -0.15) is 0 Å². The maximum Gasteiger partial charge on any atom is 0.230 e. The second kappa shape index (κ2) is 7.66. The molecule has 1 saturated heterocycles. The van der Waals surface area contributed by atoms with E-state index in [4.69, 9.17) is 4.74 Å². The lowest BCUT2D eigenvalue weighted by Crippen LogP contribution is -2.32. The summed E-state index contributed by atoms with van der Waals surface area (Å²) >= 11 is 2.88. The molecule has 8 heteroatoms. The Bertz CT molecular complexity index is 407. The topological polar surface area (TPSA) is 76.1 Å². The van der Waals surface area contributed by atoms with E-state index >= 15 is 0 Å². The molecule has 1 aliphatic rings. The third-order valence-corrected chi connectivity index (χ3v) is 4.63. The normalized spacial score (nSPS) is 18.5. The number of amides is 1. The number of nitrogens with zero attached hydrogens (tertiary/aromatic N) is 2. The summed E-state index contributed by atoms with van der Waals surface area (Å²) in [6, 6.07) is 0. The highest BCUT2D eigenvalue weighted by Gasteiger charge is 2.16. The SMILES string of the molecule is CCNc1nnc(SCC(=O)NC[C@H]2CCCO2)s1. The van der Waals surface area contributed by atoms with E-state index in [2.05, 4.69) is 20.8 Å². The molecule has 106 valence electrons. The van der Waals surface area contributed by atoms with Crippen LogP contribution in [-0.2, 0) is 9.53 Å². The lowest BCUT2D eigenvalue weighted by molar-refractivity contribution is -0.119. The summed E-state index contributed by atoms with van der Waals surface area (Å²) in [6.45, 7) is 4.25. The van der Waals surface area contributed by atoms with E-state index in [1.54, 1.807) is 0 Å². The van der Waals surface area contributed by atoms with Gasteiger partial charge in [0.1, 0.15) is 0 Å². The Kier molecular flexibility index (Phi) is 5.87. The predicted molar refractivity (Wildman–Crippen MR) is 76.8 cm³/mol. The van der Waals surface area contributed by atoms with Crippen molar-refractivity contribution in [2.45, 2.75) is 30.2 Å². The minimum absolute atomic E-state index is 0.0145. The molecule has 0 spiro atoms. The van der Waals surface area contributed by atoms with Gasteiger partial charge in [-0.15, -0.1) is 10.2 Å². The van der Waals surface area contributed by atoms with E-state index < -0.39 is 0 Å². The fourth-order valence-electron chi connectivity index (χ4n) is 1.70. The quantitative estimate of drug-likeness (QED) is 0.741. The van der Waals surface area contributed by atoms with E-state index in [-0.39, 0.29) is 12.0 Å². The summed E-state index contributed by atoms with van der Waals surface area (Å²) in [6.07, 6.45) is 2.32. The van der Waals surface area contributed by atoms with Crippen molar-refractivity contribution in [3.8, 4) is 0 Å². The minimum Gasteiger partial charge on any atom is -0.376 e. The zero-order valence-corrected chi connectivity index (χ0v) is 12.5. The highest BCUT2D eigenvalue weighted by atomic mass is 32.2. The fourth-order valence-corrected chi connectivity index (χ4v) is 3.35. The summed E-state index contributed by atoms with van der Waals surface area (Å²) in [4.78, 5) is 11.7. The summed E-state index contributed by atoms with van der Waals surface area (Å²) < 4.78 is 6.25. The highest BCUT2D eigenvalue weighted by Crippen LogP contribution is 2.24. The molecule has 1 fully saturated rings. The maximum atomic E-state index is 11.7. The van der Waals surface area contributed by atoms with E-state index in [9.17, 15) is 4.79 Å². The molecule has 2 heterocycles. The zero-order valence-electron chi connectivity index (χ0n) is 10.8. The Hall–Kier alpha value is -0.860. The van der Waals surface area contributed by atoms with Gasteiger partial charge in [0.25, 0.3) is 0 Å². The van der Waals surface area contributed by atoms with Gasteiger partial charge in [-0.1, -0.05) is 23.1 Å². The fraction of sp³-hybridized carbons (Fsp3) is 0.727. The number of nitrogens with one attached hydrogen (secondary N) is 2. The van der Waals surface area contributed by atoms with Crippen molar-refractivity contribution in [1.82, 2.24) is 15.5 Å². The molecule has 2 N–H and O–H groups in total. The first kappa shape index (κ1) is 14.5. The average molecular weight is 302 g/mol. The molecule has 1 aromatic heterocycles. The van der Waals surface area contributed by atoms with Gasteiger partial charge in [0, 0.05) is 19.7 Å². The standard InChI is InChI=1S/C11H18N4O2S2/c1-2-12-10-14-15-11(19-10)18-7-9(16)13-6-8-4-3-5-17-8/h8H,2-7H2,1H3,(H,12,14)(H,13,16)/t8-/m1/s1. The van der Waals surface area contributed by atoms with Crippen LogP contribution in [0.3, 0.4) is 0 Å². The molecule has 0 aliphatic carbocycles. The van der Waals surface area contributed by atoms with Gasteiger partial charge in [0.2, 0.25) is 11.0 Å². The molecule has 1 aliphatic heterocycles. The Morgan fingerprint density at radius 2 is 2.47 bits per heavy atom. The number of ether oxygens (including phenoxy) is 1. The van der Waals surface area contributed by atoms with Gasteiger partial charge >= 0.3 is 0 Å². The van der Waals surface area contributed by atoms with Crippen LogP contribution in [0.15, 0.2) is 4.34 Å². The molecule has 0 radical (unpaired) electrons. The highest BCUT2D eigenvalue weighted by molar-refractivity contribution is 8.01. The van der Waals surface area contributed by atoms with E-state index in [0.29, 0.717) is 12.3 Å². The molecule has 1 amide bonds. The molecule has 0 unspecified atom stereocenters. The Labute approximate surface area is 120 Å². The second-order valence-electron chi connectivity index (χ2n) is 4.13. The minimum atomic E-state index is 0.0145. The van der Waals surface area contributed by atoms with Gasteiger partial charge in [-0.05, 0) is 19.8 Å². The molecular formula is C11H18N4O2S2. The first-order valence-electron chi connectivity index (χ1n) is 6.36. The number of rotatable bonds is 7. The Balaban J connectivity index is 1.64. The van der Waals surface area contributed by atoms with Gasteiger partial charge in [0.15, 0.2) is 4.34 Å². The van der Waals surface area contributed by atoms with Crippen molar-refractivity contribution in [1.29, 1.82) is 0 Å². The molecule has 19 heavy (non-hydrogen) atoms. The van der Waals surface area contributed by atoms with Crippen LogP contribution < -0.4 is 10.6 Å². The smallest absolute Gasteiger partial charge is 0.230 e. The Morgan fingerprint density at radius 3 is 3.21 bits per heavy atom. The van der Waals surface area contributed by atoms with Crippen molar-refractivity contribution < 1.29 is 9.53 Å². The molecule has 2 rings (SSSR count). The van der Waals surface area contributed by atoms with E-state index in [0.717, 1.165) is 35.5 Å². The summed E-state index contributed by atoms with van der Waals surface area (Å²) in [5, 5.41) is 14.8. The lowest BCUT2D eigenvalue weighted by atomic mass is 10.2. The van der Waals surface area contributed by atoms with Crippen molar-refractivity contribution >= 4 is 34.1 Å². The van der Waals surface area contributed by atoms with E-state index in [1.807, 2.05) is 6.92 Å². The van der Waals surface area contributed by atoms with Crippen LogP contribution in [0, 0.1) is 0 Å². The molecule has 0 bridgehead atoms. The summed E-state index contributed by atoms with van der Waals surface area (Å²) in [5.74, 6) is 0.383. The predicted octanol–water partition coefficient (Wildman–Crippen LogP) is 1.36. The molecule has 6 nitrogen and oxygen atoms in total. The molecule has 1 aromatic rings. The number of hydrogen-bond acceptors (Lipinski definition) is 7. The van der Waals surface area contributed by atoms with Crippen LogP contribution in [0.2, 0.25) is 0 Å². The van der Waals surface area contributed by atoms with Gasteiger partial charge in [-0.3, -0.25) is 4.79 Å². The Morgan fingerprint density at radius 1 is 1.58 bits per heavy atom. The molecular weight excluding hydrogens is 284 g/mol. The largest absolute Gasteiger partial charge is 0.376 e. The first-order valence-corrected chi connectivity index (χ1v) is 8.16. The van der Waals surface area contributed by atoms with Crippen LogP contribution in [0.5, 0.6) is 0 Å². The summed E-state index contributed by atoms with van der Waals surface area (Å²) in [7, 11) is 0. The lowest BCUT2D eigenvalue weighted by Gasteiger charge is -2.09. The van der Waals surface area contributed by atoms with Crippen molar-refractivity contribution in [2.24, 2.45) is 0 Å². The third-order valence-electron chi connectivity index (χ3n) is 2.61. The molecule has 0 aromatic carbocycles. The number of anilines is 1. The molecule has 1 atom stereocenters. The van der Waals surface area contributed by atoms with Crippen molar-refractivity contribution in [2.75, 3.05) is 30.8 Å². The van der Waals surface area contributed by atoms with Gasteiger partial charge in [0.05, 0.1) is 11.9 Å². The van der Waals surface area contributed by atoms with Crippen LogP contribution >= 0.6 is 23.1 Å². The third kappa shape index (κ3) is 4.96. The molecule has 0 saturated carbocycles. The first-order chi connectivity index (χ1) is 9.28. The van der Waals surface area contributed by atoms with Crippen LogP contribution in [0.25, 0.3) is 0 Å². The number of thioether (sulfide) groups is 1. The number of carbonyl (C=O) groups is 1. The second-order valence-corrected chi connectivity index (χ2v) is 6.33. The summed E-state index contributed by atoms with van der Waals surface area (Å²) in [5.41, 5.74) is 0. The van der Waals surface area contributed by atoms with Crippen molar-refractivity contribution in [3.05, 3.63) is 0 Å². The maximum absolute atomic E-state index is 11.7. The van der Waals surface area contributed by atoms with Crippen molar-refractivity contribution in [3.63, 3.8) is 0 Å².